The van der Waals surface area contributed by atoms with E-state index >= 15 is 0 Å². The van der Waals surface area contributed by atoms with Crippen molar-refractivity contribution in [2.45, 2.75) is 13.3 Å². The van der Waals surface area contributed by atoms with Gasteiger partial charge in [0, 0.05) is 0 Å². The number of benzene rings is 3. The van der Waals surface area contributed by atoms with Crippen LogP contribution in [0.25, 0.3) is 16.9 Å². The molecule has 121 valence electrons. The van der Waals surface area contributed by atoms with E-state index in [1.165, 1.54) is 27.8 Å². The first-order valence-electron chi connectivity index (χ1n) is 7.19. The van der Waals surface area contributed by atoms with Crippen LogP contribution in [0.15, 0.2) is 72.8 Å². The Bertz CT molecular complexity index is 751. The van der Waals surface area contributed by atoms with Crippen LogP contribution in [0.1, 0.15) is 16.7 Å². The predicted octanol–water partition coefficient (Wildman–Crippen LogP) is 6.83. The molecule has 3 aromatic carbocycles. The molecule has 0 aliphatic heterocycles. The van der Waals surface area contributed by atoms with Crippen molar-refractivity contribution in [3.63, 3.8) is 0 Å². The minimum absolute atomic E-state index is 0. The van der Waals surface area contributed by atoms with Gasteiger partial charge in [-0.1, -0.05) is 83.9 Å². The summed E-state index contributed by atoms with van der Waals surface area (Å²) in [6, 6.07) is 24.6. The molecule has 4 rings (SSSR count). The maximum atomic E-state index is 7.83. The third-order valence-electron chi connectivity index (χ3n) is 3.79. The molecule has 1 N–H and O–H groups in total. The van der Waals surface area contributed by atoms with Gasteiger partial charge >= 0.3 is 21.7 Å². The second kappa shape index (κ2) is 10.1. The van der Waals surface area contributed by atoms with Crippen LogP contribution in [0, 0.1) is 21.8 Å². The van der Waals surface area contributed by atoms with Crippen molar-refractivity contribution in [2.75, 3.05) is 0 Å². The molecule has 24 heavy (non-hydrogen) atoms. The molecule has 3 aromatic rings. The zero-order valence-electron chi connectivity index (χ0n) is 14.6. The normalized spacial score (nSPS) is 9.71. The first-order chi connectivity index (χ1) is 10.3. The van der Waals surface area contributed by atoms with Crippen molar-refractivity contribution < 1.29 is 21.7 Å². The van der Waals surface area contributed by atoms with Gasteiger partial charge in [-0.15, -0.1) is 5.69 Å². The van der Waals surface area contributed by atoms with Crippen LogP contribution >= 0.6 is 0 Å². The number of hydrogen-bond acceptors (Lipinski definition) is 0. The van der Waals surface area contributed by atoms with Crippen LogP contribution < -0.4 is 0 Å². The third-order valence-corrected chi connectivity index (χ3v) is 3.79. The van der Waals surface area contributed by atoms with Gasteiger partial charge in [0.05, 0.1) is 0 Å². The summed E-state index contributed by atoms with van der Waals surface area (Å²) in [7, 11) is 0. The van der Waals surface area contributed by atoms with Crippen molar-refractivity contribution >= 4 is 5.69 Å². The van der Waals surface area contributed by atoms with Crippen molar-refractivity contribution in [1.29, 1.82) is 0 Å². The Morgan fingerprint density at radius 3 is 1.92 bits per heavy atom. The van der Waals surface area contributed by atoms with Crippen molar-refractivity contribution in [3.05, 3.63) is 110 Å². The van der Waals surface area contributed by atoms with E-state index in [1.807, 2.05) is 30.3 Å². The topological polar surface area (TPSA) is 23.8 Å². The van der Waals surface area contributed by atoms with E-state index < -0.39 is 0 Å². The van der Waals surface area contributed by atoms with Crippen LogP contribution in [0.5, 0.6) is 0 Å². The summed E-state index contributed by atoms with van der Waals surface area (Å²) in [4.78, 5) is 0. The summed E-state index contributed by atoms with van der Waals surface area (Å²) in [5, 5.41) is 0. The molecule has 1 radical (unpaired) electrons. The van der Waals surface area contributed by atoms with Gasteiger partial charge in [-0.25, -0.2) is 0 Å². The summed E-state index contributed by atoms with van der Waals surface area (Å²) < 4.78 is 0. The first kappa shape index (κ1) is 22.2. The molecule has 0 bridgehead atoms. The maximum Gasteiger partial charge on any atom is 3.00 e. The Morgan fingerprint density at radius 1 is 0.708 bits per heavy atom. The molecule has 0 unspecified atom stereocenters. The molecule has 0 aromatic heterocycles. The summed E-state index contributed by atoms with van der Waals surface area (Å²) in [6.07, 6.45) is 0.922. The monoisotopic (exact) mass is 350 g/mol. The molecule has 0 saturated carbocycles. The molecule has 0 fully saturated rings. The van der Waals surface area contributed by atoms with Crippen LogP contribution in [0.2, 0.25) is 0 Å². The first-order valence-corrected chi connectivity index (χ1v) is 7.19. The van der Waals surface area contributed by atoms with E-state index in [0.29, 0.717) is 5.69 Å². The molecular formula is C22H24NTi. The van der Waals surface area contributed by atoms with E-state index in [0.717, 1.165) is 6.42 Å². The minimum Gasteiger partial charge on any atom is -0.698 e. The number of rotatable bonds is 0. The fraction of sp³-hybridized carbons (Fsp3) is 0.0909. The molecule has 0 saturated heterocycles. The summed E-state index contributed by atoms with van der Waals surface area (Å²) in [5.74, 6) is 0. The van der Waals surface area contributed by atoms with Crippen molar-refractivity contribution in [2.24, 2.45) is 0 Å². The van der Waals surface area contributed by atoms with Gasteiger partial charge in [-0.2, -0.15) is 0 Å². The van der Waals surface area contributed by atoms with Gasteiger partial charge in [-0.3, -0.25) is 0 Å². The molecule has 0 amide bonds. The third kappa shape index (κ3) is 4.83. The molecule has 1 aliphatic rings. The number of fused-ring (bicyclic) bond motifs is 3. The molecule has 1 aliphatic carbocycles. The SMILES string of the molecule is Cc1ccccc1.[CH3-].[CH3-].[NH-]c1cccc2c1Cc1ccccc1-2.[Ti+3]. The van der Waals surface area contributed by atoms with E-state index in [-0.39, 0.29) is 36.6 Å². The molecule has 0 spiro atoms. The van der Waals surface area contributed by atoms with E-state index in [1.54, 1.807) is 0 Å². The maximum absolute atomic E-state index is 7.83. The average molecular weight is 350 g/mol. The van der Waals surface area contributed by atoms with E-state index in [9.17, 15) is 0 Å². The summed E-state index contributed by atoms with van der Waals surface area (Å²) >= 11 is 0. The average Bonchev–Trinajstić information content (AvgIpc) is 2.89. The predicted molar refractivity (Wildman–Crippen MR) is 103 cm³/mol. The molecular weight excluding hydrogens is 326 g/mol. The Morgan fingerprint density at radius 2 is 1.29 bits per heavy atom. The zero-order valence-corrected chi connectivity index (χ0v) is 16.2. The second-order valence-corrected chi connectivity index (χ2v) is 5.32. The van der Waals surface area contributed by atoms with Gasteiger partial charge in [0.25, 0.3) is 0 Å². The van der Waals surface area contributed by atoms with Crippen LogP contribution in [0.4, 0.5) is 5.69 Å². The Labute approximate surface area is 161 Å². The number of nitrogens with one attached hydrogen (secondary N) is 1. The molecule has 1 nitrogen and oxygen atoms in total. The quantitative estimate of drug-likeness (QED) is 0.245. The molecule has 0 atom stereocenters. The van der Waals surface area contributed by atoms with Crippen molar-refractivity contribution in [1.82, 2.24) is 0 Å². The van der Waals surface area contributed by atoms with Crippen LogP contribution in [0.3, 0.4) is 0 Å². The van der Waals surface area contributed by atoms with E-state index in [4.69, 9.17) is 5.73 Å². The van der Waals surface area contributed by atoms with Crippen molar-refractivity contribution in [3.8, 4) is 11.1 Å². The van der Waals surface area contributed by atoms with E-state index in [2.05, 4.69) is 49.4 Å². The smallest absolute Gasteiger partial charge is 0.698 e. The minimum atomic E-state index is 0. The fourth-order valence-corrected chi connectivity index (χ4v) is 2.69. The van der Waals surface area contributed by atoms with Gasteiger partial charge in [0.2, 0.25) is 0 Å². The van der Waals surface area contributed by atoms with Gasteiger partial charge < -0.3 is 20.6 Å². The van der Waals surface area contributed by atoms with Gasteiger partial charge in [-0.05, 0) is 30.0 Å². The Kier molecular flexibility index (Phi) is 9.35. The van der Waals surface area contributed by atoms with Crippen LogP contribution in [-0.4, -0.2) is 0 Å². The number of aryl methyl sites for hydroxylation is 1. The zero-order chi connectivity index (χ0) is 14.7. The van der Waals surface area contributed by atoms with Gasteiger partial charge in [0.1, 0.15) is 0 Å². The fourth-order valence-electron chi connectivity index (χ4n) is 2.69. The Balaban J connectivity index is 0.000000463. The van der Waals surface area contributed by atoms with Gasteiger partial charge in [0.15, 0.2) is 0 Å². The molecule has 2 heteroatoms. The Hall–Kier alpha value is -1.83. The second-order valence-electron chi connectivity index (χ2n) is 5.32. The largest absolute Gasteiger partial charge is 3.00 e. The summed E-state index contributed by atoms with van der Waals surface area (Å²) in [5.41, 5.74) is 14.9. The summed E-state index contributed by atoms with van der Waals surface area (Å²) in [6.45, 7) is 2.08. The van der Waals surface area contributed by atoms with Crippen LogP contribution in [-0.2, 0) is 28.1 Å². The standard InChI is InChI=1S/C13H10N.C7H8.2CH3.Ti/c14-13-7-3-6-11-10-5-2-1-4-9(10)8-12(11)13;1-7-5-3-2-4-6-7;;;/h1-7,14H,8H2;2-6H,1H3;2*1H3;/q-1;;2*-1;+3. The molecule has 0 heterocycles. The number of hydrogen-bond donors (Lipinski definition) is 0.